The average Bonchev–Trinajstić information content (AvgIpc) is 3.02. The molecule has 0 bridgehead atoms. The molecule has 0 atom stereocenters. The van der Waals surface area contributed by atoms with Crippen molar-refractivity contribution in [2.24, 2.45) is 0 Å². The summed E-state index contributed by atoms with van der Waals surface area (Å²) in [6, 6.07) is 20.5. The van der Waals surface area contributed by atoms with Gasteiger partial charge in [-0.1, -0.05) is 50.2 Å². The van der Waals surface area contributed by atoms with Crippen LogP contribution in [-0.2, 0) is 7.67 Å². The van der Waals surface area contributed by atoms with Gasteiger partial charge in [0.05, 0.1) is 22.1 Å². The predicted molar refractivity (Wildman–Crippen MR) is 173 cm³/mol. The first kappa shape index (κ1) is 31.5. The summed E-state index contributed by atoms with van der Waals surface area (Å²) in [6.45, 7) is 6.41. The van der Waals surface area contributed by atoms with Crippen molar-refractivity contribution in [2.45, 2.75) is 43.4 Å². The van der Waals surface area contributed by atoms with Crippen LogP contribution < -0.4 is 0 Å². The van der Waals surface area contributed by atoms with E-state index in [1.807, 2.05) is 42.2 Å². The molecule has 0 aliphatic carbocycles. The number of thioether (sulfide) groups is 2. The Bertz CT molecular complexity index is 1900. The Balaban J connectivity index is 0.000000177. The zero-order valence-electron chi connectivity index (χ0n) is 23.6. The van der Waals surface area contributed by atoms with Crippen LogP contribution in [0.25, 0.3) is 43.6 Å². The molecule has 10 heteroatoms. The van der Waals surface area contributed by atoms with Crippen LogP contribution in [0.4, 0.5) is 0 Å². The molecular formula is C32H30N4O3S2Se. The number of rotatable bonds is 7. The molecular weight excluding hydrogens is 631 g/mol. The van der Waals surface area contributed by atoms with Gasteiger partial charge in [0.1, 0.15) is 5.69 Å². The first-order valence-corrected chi connectivity index (χ1v) is 16.9. The van der Waals surface area contributed by atoms with E-state index in [-0.39, 0.29) is 0 Å². The Labute approximate surface area is 258 Å². The Morgan fingerprint density at radius 3 is 1.71 bits per heavy atom. The number of carbonyl (C=O) groups is 1. The van der Waals surface area contributed by atoms with Crippen molar-refractivity contribution < 1.29 is 12.5 Å². The third kappa shape index (κ3) is 7.49. The molecule has 4 heterocycles. The molecule has 6 rings (SSSR count). The molecule has 0 saturated heterocycles. The van der Waals surface area contributed by atoms with E-state index in [4.69, 9.17) is 12.7 Å². The molecule has 6 aromatic rings. The van der Waals surface area contributed by atoms with Crippen molar-refractivity contribution in [1.29, 1.82) is 0 Å². The number of pyridine rings is 4. The number of carbonyl (C=O) groups excluding carboxylic acids is 1. The number of hydrogen-bond donors (Lipinski definition) is 0. The van der Waals surface area contributed by atoms with Gasteiger partial charge in [-0.2, -0.15) is 0 Å². The number of fused-ring (bicyclic) bond motifs is 6. The Hall–Kier alpha value is -3.43. The molecule has 42 heavy (non-hydrogen) atoms. The van der Waals surface area contributed by atoms with Crippen LogP contribution in [0.3, 0.4) is 0 Å². The van der Waals surface area contributed by atoms with Crippen molar-refractivity contribution in [2.75, 3.05) is 11.5 Å². The van der Waals surface area contributed by atoms with E-state index in [0.29, 0.717) is 5.69 Å². The number of hydrogen-bond acceptors (Lipinski definition) is 9. The molecule has 0 unspecified atom stereocenters. The number of nitrogens with zero attached hydrogens (tertiary/aromatic N) is 4. The van der Waals surface area contributed by atoms with Gasteiger partial charge in [0, 0.05) is 49.4 Å². The number of aromatic nitrogens is 4. The molecule has 0 N–H and O–H groups in total. The molecule has 214 valence electrons. The van der Waals surface area contributed by atoms with Gasteiger partial charge in [0.15, 0.2) is 6.29 Å². The van der Waals surface area contributed by atoms with Crippen LogP contribution in [0.1, 0.15) is 42.9 Å². The molecule has 0 aliphatic rings. The fraction of sp³-hybridized carbons (Fsp3) is 0.219. The standard InChI is InChI=1S/C16H14N2OS.C16H16N2S.O2Se/c1-2-8-20-14-9-12(10-19)18-16-13(14)6-5-11-4-3-7-17-15(11)16;1-3-9-19-14-10-11(2)18-16-13(14)7-6-12-5-4-8-17-15(12)16;1-3-2/h3-7,9-10H,2,8H2,1H3;4-8,10H,3,9H2,1-2H3;. The third-order valence-corrected chi connectivity index (χ3v) is 8.74. The van der Waals surface area contributed by atoms with Crippen LogP contribution >= 0.6 is 23.5 Å². The number of benzene rings is 2. The van der Waals surface area contributed by atoms with E-state index in [1.54, 1.807) is 18.0 Å². The molecule has 4 aromatic heterocycles. The first-order chi connectivity index (χ1) is 20.5. The summed E-state index contributed by atoms with van der Waals surface area (Å²) in [5.74, 6) is 2.16. The van der Waals surface area contributed by atoms with Crippen molar-refractivity contribution >= 4 is 88.2 Å². The fourth-order valence-electron chi connectivity index (χ4n) is 4.46. The van der Waals surface area contributed by atoms with E-state index < -0.39 is 14.8 Å². The van der Waals surface area contributed by atoms with Gasteiger partial charge in [0.25, 0.3) is 0 Å². The van der Waals surface area contributed by atoms with Gasteiger partial charge >= 0.3 is 22.5 Å². The van der Waals surface area contributed by atoms with Crippen LogP contribution in [0, 0.1) is 6.92 Å². The molecule has 0 amide bonds. The zero-order valence-corrected chi connectivity index (χ0v) is 26.9. The summed E-state index contributed by atoms with van der Waals surface area (Å²) in [5, 5.41) is 4.48. The Morgan fingerprint density at radius 2 is 1.21 bits per heavy atom. The average molecular weight is 662 g/mol. The summed E-state index contributed by atoms with van der Waals surface area (Å²) in [7, 11) is 0. The van der Waals surface area contributed by atoms with Gasteiger partial charge in [-0.25, -0.2) is 4.98 Å². The normalized spacial score (nSPS) is 10.6. The van der Waals surface area contributed by atoms with E-state index in [1.165, 1.54) is 16.7 Å². The van der Waals surface area contributed by atoms with Gasteiger partial charge in [0.2, 0.25) is 0 Å². The SMILES string of the molecule is CCCSc1cc(C)nc2c1ccc1cccnc12.CCCSc1cc(C=O)nc2c1ccc1cccnc12.O=[Se]=O. The second kappa shape index (κ2) is 15.7. The minimum absolute atomic E-state index is 0.467. The van der Waals surface area contributed by atoms with Crippen LogP contribution in [0.2, 0.25) is 0 Å². The van der Waals surface area contributed by atoms with E-state index in [2.05, 4.69) is 72.1 Å². The third-order valence-electron chi connectivity index (χ3n) is 6.22. The predicted octanol–water partition coefficient (Wildman–Crippen LogP) is 8.07. The van der Waals surface area contributed by atoms with Crippen molar-refractivity contribution in [3.8, 4) is 0 Å². The van der Waals surface area contributed by atoms with Crippen LogP contribution in [-0.4, -0.2) is 52.5 Å². The number of aryl methyl sites for hydroxylation is 1. The topological polar surface area (TPSA) is 103 Å². The maximum atomic E-state index is 11.1. The van der Waals surface area contributed by atoms with Crippen molar-refractivity contribution in [3.63, 3.8) is 0 Å². The summed E-state index contributed by atoms with van der Waals surface area (Å²) >= 11 is 2.04. The van der Waals surface area contributed by atoms with Gasteiger partial charge in [-0.3, -0.25) is 19.7 Å². The van der Waals surface area contributed by atoms with Gasteiger partial charge < -0.3 is 0 Å². The van der Waals surface area contributed by atoms with Crippen LogP contribution in [0.15, 0.2) is 82.8 Å². The van der Waals surface area contributed by atoms with Crippen molar-refractivity contribution in [1.82, 2.24) is 19.9 Å². The Morgan fingerprint density at radius 1 is 0.714 bits per heavy atom. The maximum absolute atomic E-state index is 11.1. The van der Waals surface area contributed by atoms with Crippen LogP contribution in [0.5, 0.6) is 0 Å². The summed E-state index contributed by atoms with van der Waals surface area (Å²) in [5.41, 5.74) is 5.22. The minimum atomic E-state index is -1.62. The summed E-state index contributed by atoms with van der Waals surface area (Å²) in [6.07, 6.45) is 6.67. The first-order valence-electron chi connectivity index (χ1n) is 13.5. The quantitative estimate of drug-likeness (QED) is 0.0727. The molecule has 7 nitrogen and oxygen atoms in total. The summed E-state index contributed by atoms with van der Waals surface area (Å²) in [4.78, 5) is 31.6. The molecule has 0 aliphatic heterocycles. The van der Waals surface area contributed by atoms with Gasteiger partial charge in [-0.05, 0) is 55.5 Å². The molecule has 0 radical (unpaired) electrons. The second-order valence-electron chi connectivity index (χ2n) is 9.26. The van der Waals surface area contributed by atoms with E-state index in [9.17, 15) is 4.79 Å². The monoisotopic (exact) mass is 662 g/mol. The second-order valence-corrected chi connectivity index (χ2v) is 11.8. The van der Waals surface area contributed by atoms with Crippen molar-refractivity contribution in [3.05, 3.63) is 84.4 Å². The molecule has 0 spiro atoms. The van der Waals surface area contributed by atoms with E-state index in [0.717, 1.165) is 73.0 Å². The number of aldehydes is 1. The summed E-state index contributed by atoms with van der Waals surface area (Å²) < 4.78 is 16.9. The fourth-order valence-corrected chi connectivity index (χ4v) is 6.40. The molecule has 0 saturated carbocycles. The Kier molecular flexibility index (Phi) is 11.8. The molecule has 2 aromatic carbocycles. The zero-order chi connectivity index (χ0) is 29.9. The molecule has 0 fully saturated rings. The van der Waals surface area contributed by atoms with Gasteiger partial charge in [-0.15, -0.1) is 23.5 Å². The van der Waals surface area contributed by atoms with E-state index >= 15 is 0 Å².